The van der Waals surface area contributed by atoms with Crippen LogP contribution >= 0.6 is 0 Å². The lowest BCUT2D eigenvalue weighted by Gasteiger charge is -1.94. The van der Waals surface area contributed by atoms with Gasteiger partial charge in [-0.2, -0.15) is 0 Å². The van der Waals surface area contributed by atoms with Crippen LogP contribution in [0, 0.1) is 5.21 Å². The lowest BCUT2D eigenvalue weighted by molar-refractivity contribution is -0.443. The summed E-state index contributed by atoms with van der Waals surface area (Å²) in [5.74, 6) is 0. The average Bonchev–Trinajstić information content (AvgIpc) is 2.14. The number of methoxy groups -OCH3 is 1. The van der Waals surface area contributed by atoms with Gasteiger partial charge >= 0.3 is 0 Å². The summed E-state index contributed by atoms with van der Waals surface area (Å²) in [7, 11) is 1.61. The molecule has 0 saturated heterocycles. The maximum absolute atomic E-state index is 10.4. The molecule has 1 aliphatic heterocycles. The van der Waals surface area contributed by atoms with E-state index in [-0.39, 0.29) is 6.10 Å². The van der Waals surface area contributed by atoms with Crippen molar-refractivity contribution in [2.75, 3.05) is 13.7 Å². The molecule has 3 nitrogen and oxygen atoms in total. The fourth-order valence-electron chi connectivity index (χ4n) is 0.768. The van der Waals surface area contributed by atoms with Crippen molar-refractivity contribution in [1.82, 2.24) is 0 Å². The highest BCUT2D eigenvalue weighted by Gasteiger charge is 2.16. The molecule has 0 radical (unpaired) electrons. The van der Waals surface area contributed by atoms with Crippen molar-refractivity contribution in [2.24, 2.45) is 0 Å². The molecule has 0 spiro atoms. The topological polar surface area (TPSA) is 35.3 Å². The van der Waals surface area contributed by atoms with Crippen molar-refractivity contribution < 1.29 is 9.48 Å². The second-order valence-electron chi connectivity index (χ2n) is 1.85. The molecule has 46 valence electrons. The molecule has 0 saturated carbocycles. The van der Waals surface area contributed by atoms with Gasteiger partial charge in [-0.05, 0) is 0 Å². The Morgan fingerprint density at radius 1 is 1.88 bits per heavy atom. The normalized spacial score (nSPS) is 28.1. The third-order valence-corrected chi connectivity index (χ3v) is 1.27. The molecular weight excluding hydrogens is 106 g/mol. The number of ether oxygens (including phenoxy) is 1. The molecule has 0 aromatic carbocycles. The summed E-state index contributed by atoms with van der Waals surface area (Å²) < 4.78 is 5.80. The quantitative estimate of drug-likeness (QED) is 0.356. The summed E-state index contributed by atoms with van der Waals surface area (Å²) in [5.41, 5.74) is 0. The minimum absolute atomic E-state index is 0.0625. The zero-order valence-corrected chi connectivity index (χ0v) is 4.83. The first kappa shape index (κ1) is 5.56. The monoisotopic (exact) mass is 115 g/mol. The molecule has 3 heteroatoms. The molecule has 0 aliphatic carbocycles. The fraction of sp³-hybridized carbons (Fsp3) is 0.800. The van der Waals surface area contributed by atoms with Gasteiger partial charge in [0.2, 0.25) is 0 Å². The van der Waals surface area contributed by atoms with Crippen LogP contribution in [0.25, 0.3) is 0 Å². The highest BCUT2D eigenvalue weighted by atomic mass is 16.5. The third-order valence-electron chi connectivity index (χ3n) is 1.27. The van der Waals surface area contributed by atoms with E-state index >= 15 is 0 Å². The van der Waals surface area contributed by atoms with Crippen LogP contribution < -0.4 is 0 Å². The second-order valence-corrected chi connectivity index (χ2v) is 1.85. The zero-order valence-electron chi connectivity index (χ0n) is 4.83. The van der Waals surface area contributed by atoms with Gasteiger partial charge in [0.05, 0.1) is 0 Å². The van der Waals surface area contributed by atoms with Gasteiger partial charge in [-0.1, -0.05) is 0 Å². The van der Waals surface area contributed by atoms with E-state index in [0.29, 0.717) is 6.54 Å². The van der Waals surface area contributed by atoms with Crippen molar-refractivity contribution in [3.8, 4) is 0 Å². The number of rotatable bonds is 1. The summed E-state index contributed by atoms with van der Waals surface area (Å²) in [4.78, 5) is 0. The number of hydrogen-bond acceptors (Lipinski definition) is 2. The number of nitrogens with zero attached hydrogens (tertiary/aromatic N) is 1. The van der Waals surface area contributed by atoms with E-state index in [1.165, 1.54) is 0 Å². The van der Waals surface area contributed by atoms with Crippen LogP contribution in [0.2, 0.25) is 0 Å². The Bertz CT molecular complexity index is 111. The predicted molar refractivity (Wildman–Crippen MR) is 30.0 cm³/mol. The Morgan fingerprint density at radius 3 is 2.88 bits per heavy atom. The van der Waals surface area contributed by atoms with Crippen molar-refractivity contribution in [2.45, 2.75) is 12.5 Å². The van der Waals surface area contributed by atoms with E-state index in [0.717, 1.165) is 11.2 Å². The molecule has 0 bridgehead atoms. The Hall–Kier alpha value is -0.570. The lowest BCUT2D eigenvalue weighted by Crippen LogP contribution is -2.07. The van der Waals surface area contributed by atoms with Crippen LogP contribution in [-0.2, 0) is 4.74 Å². The van der Waals surface area contributed by atoms with E-state index < -0.39 is 0 Å². The van der Waals surface area contributed by atoms with Gasteiger partial charge in [0.25, 0.3) is 0 Å². The smallest absolute Gasteiger partial charge is 0.180 e. The molecular formula is C5H9NO2. The summed E-state index contributed by atoms with van der Waals surface area (Å²) >= 11 is 0. The second kappa shape index (κ2) is 2.13. The van der Waals surface area contributed by atoms with Crippen LogP contribution in [0.3, 0.4) is 0 Å². The Balaban J connectivity index is 2.41. The van der Waals surface area contributed by atoms with E-state index in [4.69, 9.17) is 4.74 Å². The van der Waals surface area contributed by atoms with Crippen molar-refractivity contribution in [3.05, 3.63) is 5.21 Å². The van der Waals surface area contributed by atoms with E-state index in [2.05, 4.69) is 0 Å². The number of hydroxylamine groups is 1. The maximum Gasteiger partial charge on any atom is 0.180 e. The summed E-state index contributed by atoms with van der Waals surface area (Å²) in [6, 6.07) is 0. The van der Waals surface area contributed by atoms with E-state index in [1.54, 1.807) is 13.3 Å². The van der Waals surface area contributed by atoms with Crippen LogP contribution in [0.1, 0.15) is 6.42 Å². The molecule has 0 N–H and O–H groups in total. The van der Waals surface area contributed by atoms with Crippen molar-refractivity contribution in [1.29, 1.82) is 0 Å². The predicted octanol–water partition coefficient (Wildman–Crippen LogP) is -0.0138. The zero-order chi connectivity index (χ0) is 5.98. The Morgan fingerprint density at radius 2 is 2.62 bits per heavy atom. The summed E-state index contributed by atoms with van der Waals surface area (Å²) in [6.45, 7) is 0.582. The molecule has 1 aliphatic rings. The third kappa shape index (κ3) is 0.980. The van der Waals surface area contributed by atoms with E-state index in [1.807, 2.05) is 0 Å². The minimum Gasteiger partial charge on any atom is -0.624 e. The van der Waals surface area contributed by atoms with Crippen LogP contribution in [0.4, 0.5) is 0 Å². The molecule has 1 heterocycles. The summed E-state index contributed by atoms with van der Waals surface area (Å²) in [5, 5.41) is 10.4. The molecule has 0 aromatic rings. The number of hydrogen-bond donors (Lipinski definition) is 0. The van der Waals surface area contributed by atoms with Gasteiger partial charge in [-0.15, -0.1) is 0 Å². The van der Waals surface area contributed by atoms with Crippen molar-refractivity contribution >= 4 is 6.21 Å². The summed E-state index contributed by atoms with van der Waals surface area (Å²) in [6.07, 6.45) is 2.45. The molecule has 0 amide bonds. The van der Waals surface area contributed by atoms with Gasteiger partial charge in [0.15, 0.2) is 12.8 Å². The first-order chi connectivity index (χ1) is 3.83. The largest absolute Gasteiger partial charge is 0.624 e. The molecule has 1 atom stereocenters. The van der Waals surface area contributed by atoms with Crippen molar-refractivity contribution in [3.63, 3.8) is 0 Å². The van der Waals surface area contributed by atoms with Gasteiger partial charge in [-0.3, -0.25) is 0 Å². The standard InChI is InChI=1S/C5H9NO2/c1-8-5-2-3-6(7)4-5/h4-5H,2-3H2,1H3/t5-/m0/s1. The lowest BCUT2D eigenvalue weighted by atomic mass is 10.3. The molecule has 1 rings (SSSR count). The highest BCUT2D eigenvalue weighted by Crippen LogP contribution is 1.99. The molecule has 0 fully saturated rings. The van der Waals surface area contributed by atoms with Gasteiger partial charge in [-0.25, -0.2) is 4.74 Å². The SMILES string of the molecule is CO[C@@H]1C=[N+]([O-])CC1. The molecule has 0 unspecified atom stereocenters. The molecule has 8 heavy (non-hydrogen) atoms. The van der Waals surface area contributed by atoms with Gasteiger partial charge in [0, 0.05) is 13.5 Å². The maximum atomic E-state index is 10.4. The minimum atomic E-state index is 0.0625. The Labute approximate surface area is 48.2 Å². The average molecular weight is 115 g/mol. The first-order valence-electron chi connectivity index (χ1n) is 2.64. The van der Waals surface area contributed by atoms with E-state index in [9.17, 15) is 5.21 Å². The highest BCUT2D eigenvalue weighted by molar-refractivity contribution is 5.58. The van der Waals surface area contributed by atoms with Crippen LogP contribution in [0.15, 0.2) is 0 Å². The van der Waals surface area contributed by atoms with Crippen LogP contribution in [-0.4, -0.2) is 30.7 Å². The first-order valence-corrected chi connectivity index (χ1v) is 2.64. The van der Waals surface area contributed by atoms with Crippen LogP contribution in [0.5, 0.6) is 0 Å². The Kier molecular flexibility index (Phi) is 1.48. The molecule has 0 aromatic heterocycles. The van der Waals surface area contributed by atoms with Gasteiger partial charge < -0.3 is 9.94 Å². The van der Waals surface area contributed by atoms with Gasteiger partial charge in [0.1, 0.15) is 6.10 Å². The fourth-order valence-corrected chi connectivity index (χ4v) is 0.768.